The van der Waals surface area contributed by atoms with Crippen LogP contribution in [0.2, 0.25) is 0 Å². The molecule has 2 aliphatic rings. The fourth-order valence-electron chi connectivity index (χ4n) is 2.29. The van der Waals surface area contributed by atoms with Gasteiger partial charge >= 0.3 is 6.09 Å². The largest absolute Gasteiger partial charge is 0.465 e. The number of fused-ring (bicyclic) bond motifs is 2. The molecule has 14 heavy (non-hydrogen) atoms. The molecular formula is C9H13NO3S. The molecule has 2 fully saturated rings. The maximum absolute atomic E-state index is 11.7. The first kappa shape index (κ1) is 9.83. The second-order valence-electron chi connectivity index (χ2n) is 3.95. The summed E-state index contributed by atoms with van der Waals surface area (Å²) in [4.78, 5) is 22.1. The van der Waals surface area contributed by atoms with E-state index in [2.05, 4.69) is 5.32 Å². The molecule has 2 bridgehead atoms. The number of nitrogens with one attached hydrogen (secondary N) is 1. The fourth-order valence-corrected chi connectivity index (χ4v) is 3.60. The summed E-state index contributed by atoms with van der Waals surface area (Å²) in [6, 6.07) is -0.0129. The average Bonchev–Trinajstić information content (AvgIpc) is 2.05. The molecule has 1 heterocycles. The van der Waals surface area contributed by atoms with Gasteiger partial charge in [0.1, 0.15) is 5.78 Å². The molecular weight excluding hydrogens is 202 g/mol. The maximum Gasteiger partial charge on any atom is 0.404 e. The number of hydrogen-bond acceptors (Lipinski definition) is 3. The van der Waals surface area contributed by atoms with E-state index >= 15 is 0 Å². The van der Waals surface area contributed by atoms with E-state index in [-0.39, 0.29) is 17.9 Å². The minimum absolute atomic E-state index is 0.0129. The Labute approximate surface area is 86.4 Å². The molecule has 1 amide bonds. The standard InChI is InChI=1S/C9H13NO3S/c11-8-5-1-7(10-9(12)13)2-6(8)4-14-3-5/h5-7,10H,1-4H2,(H,12,13). The maximum atomic E-state index is 11.7. The van der Waals surface area contributed by atoms with E-state index < -0.39 is 6.09 Å². The first-order valence-corrected chi connectivity index (χ1v) is 5.93. The van der Waals surface area contributed by atoms with E-state index in [9.17, 15) is 9.59 Å². The number of thioether (sulfide) groups is 1. The van der Waals surface area contributed by atoms with Crippen molar-refractivity contribution in [2.75, 3.05) is 11.5 Å². The van der Waals surface area contributed by atoms with Crippen LogP contribution < -0.4 is 5.32 Å². The molecule has 1 aliphatic heterocycles. The number of rotatable bonds is 1. The molecule has 2 unspecified atom stereocenters. The monoisotopic (exact) mass is 215 g/mol. The van der Waals surface area contributed by atoms with E-state index in [0.717, 1.165) is 11.5 Å². The van der Waals surface area contributed by atoms with Gasteiger partial charge in [-0.1, -0.05) is 0 Å². The van der Waals surface area contributed by atoms with Crippen molar-refractivity contribution >= 4 is 23.6 Å². The number of hydrogen-bond donors (Lipinski definition) is 2. The number of Topliss-reactive ketones (excluding diaryl/α,β-unsaturated/α-hetero) is 1. The molecule has 1 saturated heterocycles. The highest BCUT2D eigenvalue weighted by molar-refractivity contribution is 7.99. The molecule has 0 aromatic rings. The van der Waals surface area contributed by atoms with Gasteiger partial charge in [-0.15, -0.1) is 0 Å². The second kappa shape index (κ2) is 3.81. The number of carbonyl (C=O) groups excluding carboxylic acids is 1. The molecule has 0 aromatic carbocycles. The molecule has 1 saturated carbocycles. The lowest BCUT2D eigenvalue weighted by molar-refractivity contribution is -0.128. The van der Waals surface area contributed by atoms with Crippen LogP contribution in [0, 0.1) is 11.8 Å². The number of amides is 1. The lowest BCUT2D eigenvalue weighted by atomic mass is 9.78. The van der Waals surface area contributed by atoms with Gasteiger partial charge in [0.25, 0.3) is 0 Å². The van der Waals surface area contributed by atoms with Gasteiger partial charge in [0.2, 0.25) is 0 Å². The van der Waals surface area contributed by atoms with E-state index in [1.165, 1.54) is 0 Å². The minimum atomic E-state index is -0.977. The molecule has 1 aliphatic carbocycles. The van der Waals surface area contributed by atoms with Gasteiger partial charge < -0.3 is 10.4 Å². The first-order valence-electron chi connectivity index (χ1n) is 4.77. The Morgan fingerprint density at radius 2 is 1.93 bits per heavy atom. The summed E-state index contributed by atoms with van der Waals surface area (Å²) in [5.41, 5.74) is 0. The van der Waals surface area contributed by atoms with E-state index in [0.29, 0.717) is 18.6 Å². The van der Waals surface area contributed by atoms with Crippen molar-refractivity contribution in [2.24, 2.45) is 11.8 Å². The molecule has 4 nitrogen and oxygen atoms in total. The van der Waals surface area contributed by atoms with Crippen LogP contribution in [-0.4, -0.2) is 34.5 Å². The zero-order chi connectivity index (χ0) is 10.1. The SMILES string of the molecule is O=C(O)NC1CC2CSCC(C1)C2=O. The summed E-state index contributed by atoms with van der Waals surface area (Å²) in [7, 11) is 0. The average molecular weight is 215 g/mol. The quantitative estimate of drug-likeness (QED) is 0.684. The fraction of sp³-hybridized carbons (Fsp3) is 0.778. The second-order valence-corrected chi connectivity index (χ2v) is 5.03. The van der Waals surface area contributed by atoms with Gasteiger partial charge in [-0.25, -0.2) is 4.79 Å². The van der Waals surface area contributed by atoms with Crippen molar-refractivity contribution in [1.29, 1.82) is 0 Å². The molecule has 2 atom stereocenters. The van der Waals surface area contributed by atoms with Crippen LogP contribution in [0.4, 0.5) is 4.79 Å². The zero-order valence-electron chi connectivity index (χ0n) is 7.73. The van der Waals surface area contributed by atoms with Crippen molar-refractivity contribution in [2.45, 2.75) is 18.9 Å². The van der Waals surface area contributed by atoms with Crippen molar-refractivity contribution in [3.63, 3.8) is 0 Å². The summed E-state index contributed by atoms with van der Waals surface area (Å²) in [5.74, 6) is 2.26. The smallest absolute Gasteiger partial charge is 0.404 e. The van der Waals surface area contributed by atoms with Crippen LogP contribution in [0.5, 0.6) is 0 Å². The predicted octanol–water partition coefficient (Wildman–Crippen LogP) is 0.965. The zero-order valence-corrected chi connectivity index (χ0v) is 8.55. The van der Waals surface area contributed by atoms with E-state index in [1.807, 2.05) is 11.8 Å². The molecule has 0 radical (unpaired) electrons. The molecule has 5 heteroatoms. The van der Waals surface area contributed by atoms with Crippen molar-refractivity contribution < 1.29 is 14.7 Å². The van der Waals surface area contributed by atoms with Crippen molar-refractivity contribution in [3.8, 4) is 0 Å². The summed E-state index contributed by atoms with van der Waals surface area (Å²) >= 11 is 1.82. The predicted molar refractivity (Wildman–Crippen MR) is 53.5 cm³/mol. The van der Waals surface area contributed by atoms with E-state index in [1.54, 1.807) is 0 Å². The Kier molecular flexibility index (Phi) is 2.67. The highest BCUT2D eigenvalue weighted by Gasteiger charge is 2.39. The summed E-state index contributed by atoms with van der Waals surface area (Å²) < 4.78 is 0. The summed E-state index contributed by atoms with van der Waals surface area (Å²) in [6.45, 7) is 0. The van der Waals surface area contributed by atoms with E-state index in [4.69, 9.17) is 5.11 Å². The van der Waals surface area contributed by atoms with Crippen molar-refractivity contribution in [3.05, 3.63) is 0 Å². The summed E-state index contributed by atoms with van der Waals surface area (Å²) in [6.07, 6.45) is 0.401. The molecule has 0 spiro atoms. The normalized spacial score (nSPS) is 36.6. The van der Waals surface area contributed by atoms with Gasteiger partial charge in [0.05, 0.1) is 0 Å². The lowest BCUT2D eigenvalue weighted by Crippen LogP contribution is -2.47. The van der Waals surface area contributed by atoms with Crippen LogP contribution in [0.25, 0.3) is 0 Å². The third-order valence-corrected chi connectivity index (χ3v) is 4.18. The van der Waals surface area contributed by atoms with Gasteiger partial charge in [0.15, 0.2) is 0 Å². The Hall–Kier alpha value is -0.710. The molecule has 0 aromatic heterocycles. The Bertz CT molecular complexity index is 253. The van der Waals surface area contributed by atoms with Gasteiger partial charge in [-0.2, -0.15) is 11.8 Å². The number of carboxylic acid groups (broad SMARTS) is 1. The van der Waals surface area contributed by atoms with Gasteiger partial charge in [-0.3, -0.25) is 4.79 Å². The number of carbonyl (C=O) groups is 2. The Morgan fingerprint density at radius 3 is 2.43 bits per heavy atom. The molecule has 2 rings (SSSR count). The van der Waals surface area contributed by atoms with Crippen LogP contribution in [0.1, 0.15) is 12.8 Å². The highest BCUT2D eigenvalue weighted by atomic mass is 32.2. The van der Waals surface area contributed by atoms with Crippen LogP contribution in [0.3, 0.4) is 0 Å². The van der Waals surface area contributed by atoms with Crippen LogP contribution >= 0.6 is 11.8 Å². The minimum Gasteiger partial charge on any atom is -0.465 e. The first-order chi connectivity index (χ1) is 6.66. The Balaban J connectivity index is 2.00. The Morgan fingerprint density at radius 1 is 1.36 bits per heavy atom. The van der Waals surface area contributed by atoms with Gasteiger partial charge in [-0.05, 0) is 12.8 Å². The molecule has 78 valence electrons. The van der Waals surface area contributed by atoms with Crippen LogP contribution in [0.15, 0.2) is 0 Å². The topological polar surface area (TPSA) is 66.4 Å². The van der Waals surface area contributed by atoms with Crippen LogP contribution in [-0.2, 0) is 4.79 Å². The number of ketones is 1. The highest BCUT2D eigenvalue weighted by Crippen LogP contribution is 2.35. The molecule has 2 N–H and O–H groups in total. The van der Waals surface area contributed by atoms with Gasteiger partial charge in [0, 0.05) is 29.4 Å². The third-order valence-electron chi connectivity index (χ3n) is 2.91. The lowest BCUT2D eigenvalue weighted by Gasteiger charge is -2.37. The van der Waals surface area contributed by atoms with Crippen molar-refractivity contribution in [1.82, 2.24) is 5.32 Å². The third kappa shape index (κ3) is 1.87. The summed E-state index contributed by atoms with van der Waals surface area (Å²) in [5, 5.41) is 11.1.